The molecule has 0 unspecified atom stereocenters. The molecule has 150 valence electrons. The van der Waals surface area contributed by atoms with E-state index >= 15 is 0 Å². The number of aryl methyl sites for hydroxylation is 1. The number of para-hydroxylation sites is 2. The second kappa shape index (κ2) is 7.35. The van der Waals surface area contributed by atoms with Crippen LogP contribution in [0.15, 0.2) is 48.5 Å². The van der Waals surface area contributed by atoms with Gasteiger partial charge in [-0.05, 0) is 36.6 Å². The number of carbonyl (C=O) groups is 2. The summed E-state index contributed by atoms with van der Waals surface area (Å²) in [6.07, 6.45) is 0. The zero-order valence-electron chi connectivity index (χ0n) is 17.2. The van der Waals surface area contributed by atoms with Crippen molar-refractivity contribution in [2.24, 2.45) is 13.0 Å². The smallest absolute Gasteiger partial charge is 0.255 e. The number of imidazole rings is 1. The zero-order valence-corrected chi connectivity index (χ0v) is 17.2. The molecule has 0 fully saturated rings. The lowest BCUT2D eigenvalue weighted by molar-refractivity contribution is -0.126. The van der Waals surface area contributed by atoms with Gasteiger partial charge in [0.1, 0.15) is 11.9 Å². The highest BCUT2D eigenvalue weighted by molar-refractivity contribution is 6.01. The number of hydrogen-bond acceptors (Lipinski definition) is 3. The molecule has 6 heteroatoms. The Morgan fingerprint density at radius 1 is 1.07 bits per heavy atom. The highest BCUT2D eigenvalue weighted by atomic mass is 16.2. The summed E-state index contributed by atoms with van der Waals surface area (Å²) in [5.74, 6) is 0.704. The molecule has 3 aromatic rings. The Hall–Kier alpha value is -3.15. The van der Waals surface area contributed by atoms with Gasteiger partial charge in [-0.1, -0.05) is 44.2 Å². The summed E-state index contributed by atoms with van der Waals surface area (Å²) >= 11 is 0. The fourth-order valence-corrected chi connectivity index (χ4v) is 3.98. The molecule has 0 aliphatic carbocycles. The van der Waals surface area contributed by atoms with Crippen LogP contribution in [-0.4, -0.2) is 32.3 Å². The third-order valence-electron chi connectivity index (χ3n) is 5.76. The monoisotopic (exact) mass is 390 g/mol. The summed E-state index contributed by atoms with van der Waals surface area (Å²) in [6, 6.07) is 14.7. The lowest BCUT2D eigenvalue weighted by atomic mass is 10.0. The van der Waals surface area contributed by atoms with E-state index in [0.717, 1.165) is 22.4 Å². The Labute approximate surface area is 170 Å². The summed E-state index contributed by atoms with van der Waals surface area (Å²) in [5.41, 5.74) is 3.58. The van der Waals surface area contributed by atoms with Gasteiger partial charge in [-0.3, -0.25) is 9.59 Å². The Bertz CT molecular complexity index is 1090. The molecule has 1 aliphatic heterocycles. The lowest BCUT2D eigenvalue weighted by Crippen LogP contribution is -2.47. The van der Waals surface area contributed by atoms with Gasteiger partial charge >= 0.3 is 0 Å². The summed E-state index contributed by atoms with van der Waals surface area (Å²) in [6.45, 7) is 6.37. The number of benzene rings is 2. The van der Waals surface area contributed by atoms with Gasteiger partial charge in [-0.25, -0.2) is 4.98 Å². The molecule has 2 heterocycles. The topological polar surface area (TPSA) is 67.2 Å². The van der Waals surface area contributed by atoms with Crippen LogP contribution in [0.25, 0.3) is 11.0 Å². The predicted molar refractivity (Wildman–Crippen MR) is 112 cm³/mol. The van der Waals surface area contributed by atoms with Gasteiger partial charge in [0.25, 0.3) is 5.91 Å². The molecule has 0 saturated heterocycles. The van der Waals surface area contributed by atoms with E-state index < -0.39 is 6.04 Å². The number of aromatic nitrogens is 2. The number of carbonyl (C=O) groups excluding carboxylic acids is 2. The molecule has 0 bridgehead atoms. The second-order valence-corrected chi connectivity index (χ2v) is 8.01. The van der Waals surface area contributed by atoms with Crippen LogP contribution in [0.1, 0.15) is 48.6 Å². The Morgan fingerprint density at radius 3 is 2.45 bits per heavy atom. The molecule has 0 saturated carbocycles. The fourth-order valence-electron chi connectivity index (χ4n) is 3.98. The minimum absolute atomic E-state index is 0.0907. The molecule has 1 N–H and O–H groups in total. The van der Waals surface area contributed by atoms with Crippen molar-refractivity contribution in [3.63, 3.8) is 0 Å². The van der Waals surface area contributed by atoms with E-state index in [-0.39, 0.29) is 23.8 Å². The molecular formula is C23H26N4O2. The van der Waals surface area contributed by atoms with E-state index in [1.165, 1.54) is 0 Å². The van der Waals surface area contributed by atoms with Crippen molar-refractivity contribution >= 4 is 22.8 Å². The van der Waals surface area contributed by atoms with Crippen molar-refractivity contribution in [3.05, 3.63) is 65.5 Å². The van der Waals surface area contributed by atoms with Gasteiger partial charge in [-0.15, -0.1) is 0 Å². The third kappa shape index (κ3) is 3.28. The minimum Gasteiger partial charge on any atom is -0.344 e. The van der Waals surface area contributed by atoms with Gasteiger partial charge in [0.2, 0.25) is 5.91 Å². The number of rotatable bonds is 5. The van der Waals surface area contributed by atoms with Crippen molar-refractivity contribution in [2.75, 3.05) is 0 Å². The van der Waals surface area contributed by atoms with Crippen molar-refractivity contribution in [3.8, 4) is 0 Å². The van der Waals surface area contributed by atoms with Crippen LogP contribution in [0.4, 0.5) is 0 Å². The number of hydrogen-bond donors (Lipinski definition) is 1. The number of nitrogens with one attached hydrogen (secondary N) is 1. The summed E-state index contributed by atoms with van der Waals surface area (Å²) in [5, 5.41) is 3.14. The Kier molecular flexibility index (Phi) is 4.86. The quantitative estimate of drug-likeness (QED) is 0.726. The van der Waals surface area contributed by atoms with Crippen LogP contribution < -0.4 is 5.32 Å². The summed E-state index contributed by atoms with van der Waals surface area (Å²) in [7, 11) is 1.97. The van der Waals surface area contributed by atoms with Gasteiger partial charge in [0.15, 0.2) is 0 Å². The first-order chi connectivity index (χ1) is 13.9. The second-order valence-electron chi connectivity index (χ2n) is 8.01. The SMILES string of the molecule is CC(C)[C@@H](NC(=O)[C@H](C)N1Cc2ccccc2C1=O)c1nc2ccccc2n1C. The fraction of sp³-hybridized carbons (Fsp3) is 0.348. The molecule has 2 aromatic carbocycles. The molecule has 4 rings (SSSR count). The Balaban J connectivity index is 1.57. The van der Waals surface area contributed by atoms with Crippen LogP contribution >= 0.6 is 0 Å². The van der Waals surface area contributed by atoms with Gasteiger partial charge in [-0.2, -0.15) is 0 Å². The average Bonchev–Trinajstić information content (AvgIpc) is 3.23. The number of amides is 2. The molecule has 1 aliphatic rings. The normalized spacial score (nSPS) is 15.6. The summed E-state index contributed by atoms with van der Waals surface area (Å²) in [4.78, 5) is 32.2. The first-order valence-electron chi connectivity index (χ1n) is 9.99. The third-order valence-corrected chi connectivity index (χ3v) is 5.76. The molecule has 2 atom stereocenters. The average molecular weight is 390 g/mol. The molecule has 1 aromatic heterocycles. The molecule has 6 nitrogen and oxygen atoms in total. The lowest BCUT2D eigenvalue weighted by Gasteiger charge is -2.28. The number of fused-ring (bicyclic) bond motifs is 2. The van der Waals surface area contributed by atoms with Crippen LogP contribution in [0, 0.1) is 5.92 Å². The highest BCUT2D eigenvalue weighted by Crippen LogP contribution is 2.27. The van der Waals surface area contributed by atoms with Crippen LogP contribution in [0.2, 0.25) is 0 Å². The van der Waals surface area contributed by atoms with E-state index in [1.807, 2.05) is 60.1 Å². The highest BCUT2D eigenvalue weighted by Gasteiger charge is 2.35. The maximum atomic E-state index is 13.1. The standard InChI is InChI=1S/C23H26N4O2/c1-14(2)20(21-24-18-11-7-8-12-19(18)26(21)4)25-22(28)15(3)27-13-16-9-5-6-10-17(16)23(27)29/h5-12,14-15,20H,13H2,1-4H3,(H,25,28)/t15-,20+/m0/s1. The predicted octanol–water partition coefficient (Wildman–Crippen LogP) is 3.43. The molecule has 29 heavy (non-hydrogen) atoms. The van der Waals surface area contributed by atoms with E-state index in [9.17, 15) is 9.59 Å². The van der Waals surface area contributed by atoms with Crippen LogP contribution in [0.3, 0.4) is 0 Å². The van der Waals surface area contributed by atoms with Gasteiger partial charge < -0.3 is 14.8 Å². The first kappa shape index (κ1) is 19.2. The van der Waals surface area contributed by atoms with E-state index in [1.54, 1.807) is 11.8 Å². The van der Waals surface area contributed by atoms with E-state index in [0.29, 0.717) is 12.1 Å². The molecule has 0 spiro atoms. The van der Waals surface area contributed by atoms with Crippen molar-refractivity contribution in [2.45, 2.75) is 39.4 Å². The van der Waals surface area contributed by atoms with Crippen LogP contribution in [0.5, 0.6) is 0 Å². The largest absolute Gasteiger partial charge is 0.344 e. The molecular weight excluding hydrogens is 364 g/mol. The summed E-state index contributed by atoms with van der Waals surface area (Å²) < 4.78 is 2.03. The molecule has 2 amide bonds. The van der Waals surface area contributed by atoms with Crippen molar-refractivity contribution in [1.82, 2.24) is 19.8 Å². The van der Waals surface area contributed by atoms with E-state index in [2.05, 4.69) is 19.2 Å². The van der Waals surface area contributed by atoms with Gasteiger partial charge in [0, 0.05) is 19.2 Å². The van der Waals surface area contributed by atoms with Crippen molar-refractivity contribution in [1.29, 1.82) is 0 Å². The zero-order chi connectivity index (χ0) is 20.7. The van der Waals surface area contributed by atoms with Crippen molar-refractivity contribution < 1.29 is 9.59 Å². The van der Waals surface area contributed by atoms with Crippen LogP contribution in [-0.2, 0) is 18.4 Å². The number of nitrogens with zero attached hydrogens (tertiary/aromatic N) is 3. The first-order valence-corrected chi connectivity index (χ1v) is 9.99. The minimum atomic E-state index is -0.564. The van der Waals surface area contributed by atoms with E-state index in [4.69, 9.17) is 4.98 Å². The maximum absolute atomic E-state index is 13.1. The Morgan fingerprint density at radius 2 is 1.76 bits per heavy atom. The maximum Gasteiger partial charge on any atom is 0.255 e. The molecule has 0 radical (unpaired) electrons. The van der Waals surface area contributed by atoms with Gasteiger partial charge in [0.05, 0.1) is 17.1 Å².